The van der Waals surface area contributed by atoms with Crippen LogP contribution in [0.5, 0.6) is 5.75 Å². The maximum Gasteiger partial charge on any atom is 0.311 e. The largest absolute Gasteiger partial charge is 0.490 e. The number of hydrogen-bond donors (Lipinski definition) is 1. The molecule has 1 N–H and O–H groups in total. The number of nitrogens with one attached hydrogen (secondary N) is 1. The lowest BCUT2D eigenvalue weighted by molar-refractivity contribution is -0.385. The molecule has 0 radical (unpaired) electrons. The average Bonchev–Trinajstić information content (AvgIpc) is 2.92. The third kappa shape index (κ3) is 3.14. The zero-order valence-electron chi connectivity index (χ0n) is 11.1. The summed E-state index contributed by atoms with van der Waals surface area (Å²) in [6.45, 7) is 3.66. The van der Waals surface area contributed by atoms with Crippen LogP contribution in [0.4, 0.5) is 11.4 Å². The summed E-state index contributed by atoms with van der Waals surface area (Å²) in [4.78, 5) is 10.4. The number of benzene rings is 1. The van der Waals surface area contributed by atoms with Crippen molar-refractivity contribution in [3.63, 3.8) is 0 Å². The van der Waals surface area contributed by atoms with Gasteiger partial charge < -0.3 is 14.8 Å². The molecule has 1 heterocycles. The number of nitro benzene ring substituents is 1. The number of anilines is 1. The Morgan fingerprint density at radius 2 is 2.37 bits per heavy atom. The van der Waals surface area contributed by atoms with Gasteiger partial charge in [-0.05, 0) is 19.4 Å². The minimum Gasteiger partial charge on any atom is -0.490 e. The number of nitro groups is 1. The van der Waals surface area contributed by atoms with Crippen molar-refractivity contribution >= 4 is 11.4 Å². The van der Waals surface area contributed by atoms with Gasteiger partial charge in [0.15, 0.2) is 5.75 Å². The van der Waals surface area contributed by atoms with Crippen LogP contribution in [-0.2, 0) is 4.74 Å². The van der Waals surface area contributed by atoms with Gasteiger partial charge in [0.25, 0.3) is 0 Å². The van der Waals surface area contributed by atoms with Gasteiger partial charge >= 0.3 is 5.69 Å². The van der Waals surface area contributed by atoms with E-state index < -0.39 is 4.92 Å². The molecule has 6 heteroatoms. The van der Waals surface area contributed by atoms with E-state index in [1.54, 1.807) is 12.1 Å². The third-order valence-corrected chi connectivity index (χ3v) is 3.44. The minimum absolute atomic E-state index is 0.0232. The Bertz CT molecular complexity index is 458. The first-order valence-electron chi connectivity index (χ1n) is 6.28. The third-order valence-electron chi connectivity index (χ3n) is 3.44. The lowest BCUT2D eigenvalue weighted by Crippen LogP contribution is -2.26. The van der Waals surface area contributed by atoms with Crippen molar-refractivity contribution in [1.82, 2.24) is 0 Å². The summed E-state index contributed by atoms with van der Waals surface area (Å²) >= 11 is 0. The van der Waals surface area contributed by atoms with Gasteiger partial charge in [0, 0.05) is 36.4 Å². The Morgan fingerprint density at radius 3 is 2.95 bits per heavy atom. The van der Waals surface area contributed by atoms with E-state index in [1.807, 2.05) is 0 Å². The average molecular weight is 266 g/mol. The molecule has 0 aliphatic carbocycles. The molecule has 1 aliphatic rings. The minimum atomic E-state index is -0.448. The van der Waals surface area contributed by atoms with Crippen LogP contribution in [0.25, 0.3) is 0 Å². The molecule has 0 amide bonds. The summed E-state index contributed by atoms with van der Waals surface area (Å²) < 4.78 is 10.4. The summed E-state index contributed by atoms with van der Waals surface area (Å²) in [7, 11) is 1.43. The fourth-order valence-electron chi connectivity index (χ4n) is 2.25. The van der Waals surface area contributed by atoms with Crippen molar-refractivity contribution in [3.8, 4) is 5.75 Å². The predicted octanol–water partition coefficient (Wildman–Crippen LogP) is 2.44. The van der Waals surface area contributed by atoms with E-state index in [9.17, 15) is 10.1 Å². The highest BCUT2D eigenvalue weighted by Crippen LogP contribution is 2.30. The van der Waals surface area contributed by atoms with Gasteiger partial charge in [0.2, 0.25) is 0 Å². The Labute approximate surface area is 111 Å². The van der Waals surface area contributed by atoms with Crippen LogP contribution in [0.1, 0.15) is 13.3 Å². The summed E-state index contributed by atoms with van der Waals surface area (Å²) in [6, 6.07) is 5.07. The Kier molecular flexibility index (Phi) is 4.21. The molecule has 1 saturated heterocycles. The maximum atomic E-state index is 10.8. The van der Waals surface area contributed by atoms with Gasteiger partial charge in [0.05, 0.1) is 18.6 Å². The first kappa shape index (κ1) is 13.6. The summed E-state index contributed by atoms with van der Waals surface area (Å²) in [5.74, 6) is 0.742. The second-order valence-corrected chi connectivity index (χ2v) is 4.70. The summed E-state index contributed by atoms with van der Waals surface area (Å²) in [5, 5.41) is 14.2. The number of nitrogens with zero attached hydrogens (tertiary/aromatic N) is 1. The van der Waals surface area contributed by atoms with Crippen LogP contribution >= 0.6 is 0 Å². The summed E-state index contributed by atoms with van der Waals surface area (Å²) in [6.07, 6.45) is 1.04. The highest BCUT2D eigenvalue weighted by atomic mass is 16.6. The molecule has 1 aliphatic heterocycles. The normalized spacial score (nSPS) is 20.0. The quantitative estimate of drug-likeness (QED) is 0.654. The van der Waals surface area contributed by atoms with Gasteiger partial charge in [-0.2, -0.15) is 0 Å². The lowest BCUT2D eigenvalue weighted by Gasteiger charge is -2.20. The zero-order chi connectivity index (χ0) is 13.8. The topological polar surface area (TPSA) is 73.6 Å². The number of hydrogen-bond acceptors (Lipinski definition) is 5. The Hall–Kier alpha value is -1.82. The van der Waals surface area contributed by atoms with Gasteiger partial charge in [-0.25, -0.2) is 0 Å². The molecule has 1 aromatic rings. The maximum absolute atomic E-state index is 10.8. The van der Waals surface area contributed by atoms with E-state index in [0.717, 1.165) is 25.3 Å². The summed E-state index contributed by atoms with van der Waals surface area (Å²) in [5.41, 5.74) is 0.798. The van der Waals surface area contributed by atoms with E-state index in [0.29, 0.717) is 5.92 Å². The van der Waals surface area contributed by atoms with Gasteiger partial charge in [-0.15, -0.1) is 0 Å². The Morgan fingerprint density at radius 1 is 1.58 bits per heavy atom. The zero-order valence-corrected chi connectivity index (χ0v) is 11.1. The second-order valence-electron chi connectivity index (χ2n) is 4.70. The molecule has 0 spiro atoms. The molecular formula is C13H18N2O4. The van der Waals surface area contributed by atoms with Crippen molar-refractivity contribution < 1.29 is 14.4 Å². The molecule has 2 atom stereocenters. The molecule has 1 fully saturated rings. The number of rotatable bonds is 5. The van der Waals surface area contributed by atoms with Gasteiger partial charge in [0.1, 0.15) is 0 Å². The van der Waals surface area contributed by atoms with E-state index in [-0.39, 0.29) is 17.5 Å². The van der Waals surface area contributed by atoms with Crippen LogP contribution in [0.15, 0.2) is 18.2 Å². The molecule has 6 nitrogen and oxygen atoms in total. The van der Waals surface area contributed by atoms with Gasteiger partial charge in [-0.3, -0.25) is 10.1 Å². The van der Waals surface area contributed by atoms with Crippen molar-refractivity contribution in [2.75, 3.05) is 25.6 Å². The molecule has 0 saturated carbocycles. The van der Waals surface area contributed by atoms with Crippen LogP contribution < -0.4 is 10.1 Å². The fraction of sp³-hybridized carbons (Fsp3) is 0.538. The molecular weight excluding hydrogens is 248 g/mol. The first-order valence-corrected chi connectivity index (χ1v) is 6.28. The smallest absolute Gasteiger partial charge is 0.311 e. The van der Waals surface area contributed by atoms with Crippen molar-refractivity contribution in [1.29, 1.82) is 0 Å². The van der Waals surface area contributed by atoms with Crippen molar-refractivity contribution in [2.24, 2.45) is 5.92 Å². The molecule has 0 aromatic heterocycles. The van der Waals surface area contributed by atoms with E-state index in [1.165, 1.54) is 13.2 Å². The molecule has 104 valence electrons. The SMILES string of the molecule is COc1cc(NC(C)C2CCOC2)ccc1[N+](=O)[O-]. The molecule has 2 rings (SSSR count). The molecule has 0 bridgehead atoms. The highest BCUT2D eigenvalue weighted by molar-refractivity contribution is 5.58. The van der Waals surface area contributed by atoms with E-state index >= 15 is 0 Å². The highest BCUT2D eigenvalue weighted by Gasteiger charge is 2.23. The van der Waals surface area contributed by atoms with Crippen LogP contribution in [0, 0.1) is 16.0 Å². The van der Waals surface area contributed by atoms with E-state index in [4.69, 9.17) is 9.47 Å². The molecule has 1 aromatic carbocycles. The van der Waals surface area contributed by atoms with Gasteiger partial charge in [-0.1, -0.05) is 0 Å². The standard InChI is InChI=1S/C13H18N2O4/c1-9(10-5-6-19-8-10)14-11-3-4-12(15(16)17)13(7-11)18-2/h3-4,7,9-10,14H,5-6,8H2,1-2H3. The Balaban J connectivity index is 2.10. The van der Waals surface area contributed by atoms with E-state index in [2.05, 4.69) is 12.2 Å². The number of methoxy groups -OCH3 is 1. The van der Waals surface area contributed by atoms with Crippen LogP contribution in [0.2, 0.25) is 0 Å². The van der Waals surface area contributed by atoms with Crippen LogP contribution in [-0.4, -0.2) is 31.3 Å². The fourth-order valence-corrected chi connectivity index (χ4v) is 2.25. The molecule has 2 unspecified atom stereocenters. The first-order chi connectivity index (χ1) is 9.11. The van der Waals surface area contributed by atoms with Crippen LogP contribution in [0.3, 0.4) is 0 Å². The second kappa shape index (κ2) is 5.88. The lowest BCUT2D eigenvalue weighted by atomic mass is 10.0. The van der Waals surface area contributed by atoms with Crippen molar-refractivity contribution in [3.05, 3.63) is 28.3 Å². The number of ether oxygens (including phenoxy) is 2. The monoisotopic (exact) mass is 266 g/mol. The van der Waals surface area contributed by atoms with Crippen molar-refractivity contribution in [2.45, 2.75) is 19.4 Å². The predicted molar refractivity (Wildman–Crippen MR) is 71.7 cm³/mol. The molecule has 19 heavy (non-hydrogen) atoms.